The number of primary sulfonamides is 1. The topological polar surface area (TPSA) is 425 Å². The molecule has 31 heteroatoms. The standard InChI is InChI=1S/C46H61BN12O16S2/c1-46(28-8-12-31(60)13-9-28,29-10-14-32(61)15-11-29)18-16-37(63)51-34(42(68)69)25-40(66)52-35(43(70)71)26-39(65)50-33(41(67)49-19-22-75-24-23-74-21-17-38(64)54-47)6-2-3-20-59-27-30(55-58-59)5-4-7-36(62)53-44-56-57-45(76-44)77(48,72)73/h8-15,27,33-35,60-61H,2-7,16-26H2,1H3,(H,49,67)(H,50,65)(H,51,63)(H,52,66)(H,54,64)(H,68,69)(H,70,71)(H2,48,72,73)(H,53,56,62)/t33-,34-,35-/m0/s1. The van der Waals surface area contributed by atoms with Gasteiger partial charge >= 0.3 is 11.9 Å². The lowest BCUT2D eigenvalue weighted by atomic mass is 9.73. The number of anilines is 1. The van der Waals surface area contributed by atoms with Crippen LogP contribution >= 0.6 is 11.3 Å². The number of ether oxygens (including phenoxy) is 2. The molecule has 77 heavy (non-hydrogen) atoms. The number of carbonyl (C=O) groups is 8. The van der Waals surface area contributed by atoms with Gasteiger partial charge in [-0.3, -0.25) is 33.4 Å². The summed E-state index contributed by atoms with van der Waals surface area (Å²) >= 11 is 0.611. The fourth-order valence-electron chi connectivity index (χ4n) is 7.39. The largest absolute Gasteiger partial charge is 0.508 e. The first-order valence-electron chi connectivity index (χ1n) is 24.0. The third kappa shape index (κ3) is 21.9. The molecule has 0 saturated heterocycles. The predicted molar refractivity (Wildman–Crippen MR) is 272 cm³/mol. The van der Waals surface area contributed by atoms with Crippen LogP contribution in [-0.4, -0.2) is 160 Å². The van der Waals surface area contributed by atoms with Gasteiger partial charge in [0.05, 0.1) is 45.0 Å². The highest BCUT2D eigenvalue weighted by atomic mass is 32.2. The van der Waals surface area contributed by atoms with Crippen molar-refractivity contribution < 1.29 is 76.7 Å². The molecule has 3 atom stereocenters. The number of sulfonamides is 1. The van der Waals surface area contributed by atoms with Gasteiger partial charge in [-0.25, -0.2) is 23.1 Å². The van der Waals surface area contributed by atoms with E-state index in [0.29, 0.717) is 60.4 Å². The van der Waals surface area contributed by atoms with Crippen LogP contribution in [0.2, 0.25) is 0 Å². The molecule has 6 amide bonds. The Morgan fingerprint density at radius 2 is 1.29 bits per heavy atom. The number of amides is 6. The van der Waals surface area contributed by atoms with E-state index in [4.69, 9.17) is 22.6 Å². The quantitative estimate of drug-likeness (QED) is 0.0153. The Balaban J connectivity index is 1.30. The Kier molecular flexibility index (Phi) is 24.8. The number of carboxylic acids is 2. The van der Waals surface area contributed by atoms with Crippen LogP contribution in [0.1, 0.15) is 88.0 Å². The number of hydrogen-bond acceptors (Lipinski definition) is 19. The molecule has 2 heterocycles. The van der Waals surface area contributed by atoms with E-state index in [2.05, 4.69) is 47.1 Å². The normalized spacial score (nSPS) is 12.6. The number of aromatic hydroxyl groups is 2. The number of aryl methyl sites for hydroxylation is 2. The third-order valence-electron chi connectivity index (χ3n) is 11.6. The van der Waals surface area contributed by atoms with Crippen LogP contribution in [0.5, 0.6) is 11.5 Å². The van der Waals surface area contributed by atoms with Crippen LogP contribution in [0.4, 0.5) is 5.13 Å². The second-order valence-corrected chi connectivity index (χ2v) is 20.2. The number of phenols is 2. The molecule has 0 aliphatic rings. The summed E-state index contributed by atoms with van der Waals surface area (Å²) in [6.07, 6.45) is 1.39. The molecule has 2 radical (unpaired) electrons. The number of aliphatic carboxylic acids is 2. The molecule has 416 valence electrons. The number of nitrogens with zero attached hydrogens (tertiary/aromatic N) is 5. The Hall–Kier alpha value is -7.61. The molecular weight excluding hydrogens is 1050 g/mol. The highest BCUT2D eigenvalue weighted by Gasteiger charge is 2.33. The smallest absolute Gasteiger partial charge is 0.326 e. The molecule has 0 aliphatic carbocycles. The lowest BCUT2D eigenvalue weighted by Crippen LogP contribution is -2.51. The Morgan fingerprint density at radius 1 is 0.714 bits per heavy atom. The number of rotatable bonds is 35. The molecule has 4 rings (SSSR count). The first kappa shape index (κ1) is 61.9. The van der Waals surface area contributed by atoms with Gasteiger partial charge in [0.15, 0.2) is 0 Å². The van der Waals surface area contributed by atoms with E-state index in [1.54, 1.807) is 35.1 Å². The van der Waals surface area contributed by atoms with E-state index in [1.165, 1.54) is 24.3 Å². The van der Waals surface area contributed by atoms with Gasteiger partial charge in [0.2, 0.25) is 52.9 Å². The van der Waals surface area contributed by atoms with E-state index < -0.39 is 98.1 Å². The van der Waals surface area contributed by atoms with Crippen molar-refractivity contribution in [1.29, 1.82) is 0 Å². The summed E-state index contributed by atoms with van der Waals surface area (Å²) in [7, 11) is 0.965. The van der Waals surface area contributed by atoms with Crippen molar-refractivity contribution in [3.05, 3.63) is 71.5 Å². The van der Waals surface area contributed by atoms with E-state index in [0.717, 1.165) is 0 Å². The van der Waals surface area contributed by atoms with Crippen LogP contribution in [0, 0.1) is 0 Å². The zero-order valence-electron chi connectivity index (χ0n) is 41.8. The summed E-state index contributed by atoms with van der Waals surface area (Å²) < 4.78 is 34.7. The number of nitrogens with one attached hydrogen (secondary N) is 6. The molecule has 2 aromatic heterocycles. The van der Waals surface area contributed by atoms with E-state index in [9.17, 15) is 67.2 Å². The number of aromatic nitrogens is 5. The Bertz CT molecular complexity index is 2700. The van der Waals surface area contributed by atoms with Gasteiger partial charge in [0.1, 0.15) is 29.6 Å². The highest BCUT2D eigenvalue weighted by molar-refractivity contribution is 7.91. The zero-order chi connectivity index (χ0) is 56.5. The molecule has 0 bridgehead atoms. The minimum Gasteiger partial charge on any atom is -0.508 e. The van der Waals surface area contributed by atoms with Gasteiger partial charge in [0.25, 0.3) is 10.0 Å². The second-order valence-electron chi connectivity index (χ2n) is 17.5. The van der Waals surface area contributed by atoms with Crippen molar-refractivity contribution in [3.63, 3.8) is 0 Å². The van der Waals surface area contributed by atoms with Crippen molar-refractivity contribution >= 4 is 81.9 Å². The average Bonchev–Trinajstić information content (AvgIpc) is 4.06. The van der Waals surface area contributed by atoms with Crippen LogP contribution in [-0.2, 0) is 76.2 Å². The summed E-state index contributed by atoms with van der Waals surface area (Å²) in [6.45, 7) is 2.56. The van der Waals surface area contributed by atoms with Gasteiger partial charge in [0, 0.05) is 44.0 Å². The van der Waals surface area contributed by atoms with Gasteiger partial charge in [-0.05, 0) is 73.9 Å². The summed E-state index contributed by atoms with van der Waals surface area (Å²) in [6, 6.07) is 7.63. The van der Waals surface area contributed by atoms with Crippen LogP contribution in [0.3, 0.4) is 0 Å². The first-order valence-corrected chi connectivity index (χ1v) is 26.3. The van der Waals surface area contributed by atoms with Gasteiger partial charge in [-0.2, -0.15) is 0 Å². The number of benzene rings is 2. The molecule has 12 N–H and O–H groups in total. The summed E-state index contributed by atoms with van der Waals surface area (Å²) in [5, 5.41) is 73.9. The average molecular weight is 1110 g/mol. The number of unbranched alkanes of at least 4 members (excludes halogenated alkanes) is 1. The second kappa shape index (κ2) is 30.8. The molecular formula is C46H61BN12O16S2. The minimum atomic E-state index is -4.07. The molecule has 4 aromatic rings. The fraction of sp³-hybridized carbons (Fsp3) is 0.478. The van der Waals surface area contributed by atoms with Crippen LogP contribution in [0.25, 0.3) is 0 Å². The van der Waals surface area contributed by atoms with Crippen molar-refractivity contribution in [3.8, 4) is 11.5 Å². The van der Waals surface area contributed by atoms with Gasteiger partial charge in [-0.15, -0.1) is 15.3 Å². The summed E-state index contributed by atoms with van der Waals surface area (Å²) in [5.41, 5.74) is 1.10. The van der Waals surface area contributed by atoms with Crippen LogP contribution < -0.4 is 37.0 Å². The van der Waals surface area contributed by atoms with Gasteiger partial charge in [-0.1, -0.05) is 47.7 Å². The lowest BCUT2D eigenvalue weighted by Gasteiger charge is -2.31. The minimum absolute atomic E-state index is 0.00289. The predicted octanol–water partition coefficient (Wildman–Crippen LogP) is -0.751. The van der Waals surface area contributed by atoms with Crippen LogP contribution in [0.15, 0.2) is 59.1 Å². The number of carbonyl (C=O) groups excluding carboxylic acids is 6. The van der Waals surface area contributed by atoms with E-state index in [-0.39, 0.29) is 81.7 Å². The molecule has 0 saturated carbocycles. The summed E-state index contributed by atoms with van der Waals surface area (Å²) in [4.78, 5) is 101. The Labute approximate surface area is 447 Å². The third-order valence-corrected chi connectivity index (χ3v) is 13.7. The molecule has 2 aromatic carbocycles. The van der Waals surface area contributed by atoms with Gasteiger partial charge < -0.3 is 61.7 Å². The number of nitrogens with two attached hydrogens (primary N) is 1. The maximum Gasteiger partial charge on any atom is 0.326 e. The van der Waals surface area contributed by atoms with Crippen molar-refractivity contribution in [1.82, 2.24) is 51.7 Å². The monoisotopic (exact) mass is 1110 g/mol. The van der Waals surface area contributed by atoms with Crippen molar-refractivity contribution in [2.45, 2.75) is 112 Å². The van der Waals surface area contributed by atoms with Crippen molar-refractivity contribution in [2.75, 3.05) is 38.3 Å². The maximum absolute atomic E-state index is 13.4. The summed E-state index contributed by atoms with van der Waals surface area (Å²) in [5.74, 6) is -7.54. The maximum atomic E-state index is 13.4. The molecule has 0 spiro atoms. The molecule has 0 aliphatic heterocycles. The number of carboxylic acid groups (broad SMARTS) is 2. The number of phenolic OH excluding ortho intramolecular Hbond substituents is 2. The number of hydrogen-bond donors (Lipinski definition) is 11. The molecule has 28 nitrogen and oxygen atoms in total. The molecule has 0 unspecified atom stereocenters. The Morgan fingerprint density at radius 3 is 1.84 bits per heavy atom. The SMILES string of the molecule is [B]NC(=O)CCOCCOCCNC(=O)[C@H](CCCCn1cc(CCCC(=O)Nc2nnc(S(N)(=O)=O)s2)nn1)NC(=O)C[C@H](NC(=O)C[C@H](NC(=O)CCC(C)(c1ccc(O)cc1)c1ccc(O)cc1)C(=O)O)C(=O)O. The van der Waals surface area contributed by atoms with E-state index in [1.807, 2.05) is 12.2 Å². The first-order chi connectivity index (χ1) is 36.6. The van der Waals surface area contributed by atoms with E-state index >= 15 is 0 Å². The van der Waals surface area contributed by atoms with Crippen molar-refractivity contribution in [2.24, 2.45) is 5.14 Å². The zero-order valence-corrected chi connectivity index (χ0v) is 43.5. The fourth-order valence-corrected chi connectivity index (χ4v) is 8.74. The highest BCUT2D eigenvalue weighted by Crippen LogP contribution is 2.38. The molecule has 0 fully saturated rings. The lowest BCUT2D eigenvalue weighted by molar-refractivity contribution is -0.145.